The Balaban J connectivity index is 1.46. The van der Waals surface area contributed by atoms with Gasteiger partial charge in [0.15, 0.2) is 11.6 Å². The monoisotopic (exact) mass is 390 g/mol. The van der Waals surface area contributed by atoms with Crippen molar-refractivity contribution in [2.75, 3.05) is 0 Å². The summed E-state index contributed by atoms with van der Waals surface area (Å²) in [4.78, 5) is 0. The molecule has 0 saturated heterocycles. The summed E-state index contributed by atoms with van der Waals surface area (Å²) in [6, 6.07) is 4.46. The minimum absolute atomic E-state index is 0.320. The van der Waals surface area contributed by atoms with Gasteiger partial charge in [-0.1, -0.05) is 58.9 Å². The van der Waals surface area contributed by atoms with Crippen LogP contribution in [0, 0.1) is 41.2 Å². The van der Waals surface area contributed by atoms with Crippen molar-refractivity contribution in [2.24, 2.45) is 29.6 Å². The minimum atomic E-state index is -0.738. The summed E-state index contributed by atoms with van der Waals surface area (Å²) in [5.74, 6) is 3.13. The third-order valence-electron chi connectivity index (χ3n) is 8.34. The van der Waals surface area contributed by atoms with E-state index in [2.05, 4.69) is 20.8 Å². The molecule has 0 amide bonds. The van der Waals surface area contributed by atoms with Crippen molar-refractivity contribution in [3.05, 3.63) is 35.4 Å². The summed E-state index contributed by atoms with van der Waals surface area (Å²) in [5.41, 5.74) is 0.959. The van der Waals surface area contributed by atoms with Gasteiger partial charge in [-0.15, -0.1) is 0 Å². The van der Waals surface area contributed by atoms with Gasteiger partial charge in [0.05, 0.1) is 0 Å². The highest BCUT2D eigenvalue weighted by Crippen LogP contribution is 2.45. The van der Waals surface area contributed by atoms with Gasteiger partial charge < -0.3 is 0 Å². The Hall–Kier alpha value is -0.920. The Kier molecular flexibility index (Phi) is 7.94. The fourth-order valence-corrected chi connectivity index (χ4v) is 6.12. The first-order chi connectivity index (χ1) is 13.5. The summed E-state index contributed by atoms with van der Waals surface area (Å²) in [5, 5.41) is 0. The van der Waals surface area contributed by atoms with E-state index in [0.717, 1.165) is 29.2 Å². The average Bonchev–Trinajstić information content (AvgIpc) is 2.73. The Labute approximate surface area is 171 Å². The van der Waals surface area contributed by atoms with Crippen molar-refractivity contribution in [3.8, 4) is 0 Å². The van der Waals surface area contributed by atoms with Gasteiger partial charge in [0.2, 0.25) is 0 Å². The predicted molar refractivity (Wildman–Crippen MR) is 114 cm³/mol. The molecule has 158 valence electrons. The summed E-state index contributed by atoms with van der Waals surface area (Å²) in [7, 11) is 0. The van der Waals surface area contributed by atoms with Gasteiger partial charge in [0.25, 0.3) is 0 Å². The van der Waals surface area contributed by atoms with Crippen LogP contribution in [0.25, 0.3) is 0 Å². The van der Waals surface area contributed by atoms with E-state index >= 15 is 0 Å². The lowest BCUT2D eigenvalue weighted by Gasteiger charge is -2.40. The quantitative estimate of drug-likeness (QED) is 0.438. The Morgan fingerprint density at radius 2 is 1.39 bits per heavy atom. The molecule has 3 rings (SSSR count). The van der Waals surface area contributed by atoms with Gasteiger partial charge in [0, 0.05) is 0 Å². The van der Waals surface area contributed by atoms with Crippen molar-refractivity contribution in [2.45, 2.75) is 97.3 Å². The molecule has 2 aliphatic rings. The molecule has 1 aromatic rings. The predicted octanol–water partition coefficient (Wildman–Crippen LogP) is 8.51. The highest BCUT2D eigenvalue weighted by molar-refractivity contribution is 5.22. The van der Waals surface area contributed by atoms with E-state index in [-0.39, 0.29) is 0 Å². The summed E-state index contributed by atoms with van der Waals surface area (Å²) >= 11 is 0. The molecular weight excluding hydrogens is 350 g/mol. The molecule has 2 atom stereocenters. The fraction of sp³-hybridized carbons (Fsp3) is 0.769. The second kappa shape index (κ2) is 10.2. The number of benzene rings is 1. The van der Waals surface area contributed by atoms with Crippen molar-refractivity contribution in [1.82, 2.24) is 0 Å². The topological polar surface area (TPSA) is 0 Å². The minimum Gasteiger partial charge on any atom is -0.204 e. The van der Waals surface area contributed by atoms with E-state index in [1.807, 2.05) is 0 Å². The third kappa shape index (κ3) is 5.36. The lowest BCUT2D eigenvalue weighted by molar-refractivity contribution is 0.118. The van der Waals surface area contributed by atoms with Gasteiger partial charge in [0.1, 0.15) is 0 Å². The molecule has 0 aromatic heterocycles. The molecule has 0 spiro atoms. The second-order valence-electron chi connectivity index (χ2n) is 9.92. The molecule has 0 bridgehead atoms. The molecular formula is C26H40F2. The van der Waals surface area contributed by atoms with Crippen LogP contribution in [0.3, 0.4) is 0 Å². The Bertz CT molecular complexity index is 594. The number of halogens is 2. The van der Waals surface area contributed by atoms with Gasteiger partial charge in [-0.25, -0.2) is 8.78 Å². The van der Waals surface area contributed by atoms with Gasteiger partial charge >= 0.3 is 0 Å². The van der Waals surface area contributed by atoms with Gasteiger partial charge in [-0.05, 0) is 91.7 Å². The van der Waals surface area contributed by atoms with E-state index in [9.17, 15) is 8.78 Å². The maximum Gasteiger partial charge on any atom is 0.159 e. The second-order valence-corrected chi connectivity index (χ2v) is 9.92. The summed E-state index contributed by atoms with van der Waals surface area (Å²) in [6.45, 7) is 7.01. The normalized spacial score (nSPS) is 30.8. The highest BCUT2D eigenvalue weighted by Gasteiger charge is 2.33. The van der Waals surface area contributed by atoms with Gasteiger partial charge in [-0.3, -0.25) is 0 Å². The highest BCUT2D eigenvalue weighted by atomic mass is 19.2. The van der Waals surface area contributed by atoms with Crippen molar-refractivity contribution in [3.63, 3.8) is 0 Å². The molecule has 0 nitrogen and oxygen atoms in total. The maximum absolute atomic E-state index is 13.6. The van der Waals surface area contributed by atoms with Crippen LogP contribution in [0.5, 0.6) is 0 Å². The van der Waals surface area contributed by atoms with Gasteiger partial charge in [-0.2, -0.15) is 0 Å². The smallest absolute Gasteiger partial charge is 0.159 e. The van der Waals surface area contributed by atoms with E-state index in [1.54, 1.807) is 6.07 Å². The molecule has 0 aliphatic heterocycles. The first-order valence-electron chi connectivity index (χ1n) is 11.9. The van der Waals surface area contributed by atoms with Crippen molar-refractivity contribution < 1.29 is 8.78 Å². The van der Waals surface area contributed by atoms with Crippen LogP contribution in [-0.4, -0.2) is 0 Å². The number of rotatable bonds is 7. The maximum atomic E-state index is 13.6. The fourth-order valence-electron chi connectivity index (χ4n) is 6.12. The Morgan fingerprint density at radius 3 is 1.96 bits per heavy atom. The number of hydrogen-bond donors (Lipinski definition) is 0. The molecule has 28 heavy (non-hydrogen) atoms. The first kappa shape index (κ1) is 21.8. The van der Waals surface area contributed by atoms with Crippen molar-refractivity contribution in [1.29, 1.82) is 0 Å². The zero-order valence-corrected chi connectivity index (χ0v) is 18.2. The van der Waals surface area contributed by atoms with Crippen LogP contribution in [-0.2, 0) is 0 Å². The van der Waals surface area contributed by atoms with Crippen LogP contribution < -0.4 is 0 Å². The zero-order chi connectivity index (χ0) is 20.1. The summed E-state index contributed by atoms with van der Waals surface area (Å²) < 4.78 is 26.8. The summed E-state index contributed by atoms with van der Waals surface area (Å²) in [6.07, 6.45) is 15.1. The SMILES string of the molecule is CCCCC1CCC(C(C)C2CCC(C(C)c3ccc(F)c(F)c3)CC2)CC1. The molecule has 2 fully saturated rings. The van der Waals surface area contributed by atoms with E-state index in [0.29, 0.717) is 11.8 Å². The molecule has 0 N–H and O–H groups in total. The van der Waals surface area contributed by atoms with E-state index < -0.39 is 11.6 Å². The number of hydrogen-bond acceptors (Lipinski definition) is 0. The van der Waals surface area contributed by atoms with Crippen molar-refractivity contribution >= 4 is 0 Å². The largest absolute Gasteiger partial charge is 0.204 e. The molecule has 2 unspecified atom stereocenters. The van der Waals surface area contributed by atoms with Crippen LogP contribution in [0.2, 0.25) is 0 Å². The number of unbranched alkanes of at least 4 members (excludes halogenated alkanes) is 1. The molecule has 0 radical (unpaired) electrons. The first-order valence-corrected chi connectivity index (χ1v) is 11.9. The van der Waals surface area contributed by atoms with Crippen LogP contribution in [0.15, 0.2) is 18.2 Å². The standard InChI is InChI=1S/C26H40F2/c1-4-5-6-20-7-9-21(10-8-20)18(2)22-11-13-23(14-12-22)19(3)24-15-16-25(27)26(28)17-24/h15-23H,4-14H2,1-3H3. The Morgan fingerprint density at radius 1 is 0.821 bits per heavy atom. The zero-order valence-electron chi connectivity index (χ0n) is 18.2. The average molecular weight is 391 g/mol. The molecule has 1 aromatic carbocycles. The van der Waals surface area contributed by atoms with E-state index in [4.69, 9.17) is 0 Å². The van der Waals surface area contributed by atoms with Crippen LogP contribution in [0.4, 0.5) is 8.78 Å². The lowest BCUT2D eigenvalue weighted by atomic mass is 9.65. The van der Waals surface area contributed by atoms with E-state index in [1.165, 1.54) is 82.8 Å². The molecule has 2 heteroatoms. The molecule has 0 heterocycles. The van der Waals surface area contributed by atoms with Crippen LogP contribution in [0.1, 0.15) is 103 Å². The molecule has 2 saturated carbocycles. The lowest BCUT2D eigenvalue weighted by Crippen LogP contribution is -2.29. The molecule has 2 aliphatic carbocycles. The van der Waals surface area contributed by atoms with Crippen LogP contribution >= 0.6 is 0 Å². The third-order valence-corrected chi connectivity index (χ3v) is 8.34.